The number of carbonyl (C=O) groups is 1. The molecule has 0 aliphatic heterocycles. The molecule has 5 nitrogen and oxygen atoms in total. The van der Waals surface area contributed by atoms with Gasteiger partial charge in [-0.2, -0.15) is 8.42 Å². The van der Waals surface area contributed by atoms with E-state index in [9.17, 15) is 13.2 Å². The minimum absolute atomic E-state index is 0.00486. The number of hydrogen-bond acceptors (Lipinski definition) is 5. The van der Waals surface area contributed by atoms with Gasteiger partial charge in [-0.3, -0.25) is 8.98 Å². The maximum Gasteiger partial charge on any atom is 0.303 e. The Morgan fingerprint density at radius 3 is 2.38 bits per heavy atom. The molecule has 0 aromatic rings. The first-order valence-corrected chi connectivity index (χ1v) is 5.78. The molecule has 0 saturated heterocycles. The number of ether oxygens (including phenoxy) is 1. The summed E-state index contributed by atoms with van der Waals surface area (Å²) in [6.07, 6.45) is 0.181. The van der Waals surface area contributed by atoms with Gasteiger partial charge in [0.1, 0.15) is 12.7 Å². The zero-order chi connectivity index (χ0) is 10.5. The molecule has 1 atom stereocenters. The van der Waals surface area contributed by atoms with Crippen LogP contribution in [-0.2, 0) is 23.8 Å². The van der Waals surface area contributed by atoms with Crippen molar-refractivity contribution in [3.8, 4) is 0 Å². The summed E-state index contributed by atoms with van der Waals surface area (Å²) in [6, 6.07) is 0. The van der Waals surface area contributed by atoms with E-state index in [0.29, 0.717) is 0 Å². The molecule has 0 bridgehead atoms. The van der Waals surface area contributed by atoms with Crippen molar-refractivity contribution in [2.75, 3.05) is 18.7 Å². The highest BCUT2D eigenvalue weighted by molar-refractivity contribution is 7.85. The third-order valence-electron chi connectivity index (χ3n) is 0.973. The Morgan fingerprint density at radius 1 is 1.54 bits per heavy atom. The molecule has 0 rings (SSSR count). The van der Waals surface area contributed by atoms with Gasteiger partial charge in [0.15, 0.2) is 0 Å². The molecule has 7 heteroatoms. The maximum atomic E-state index is 10.5. The summed E-state index contributed by atoms with van der Waals surface area (Å²) in [5, 5.41) is 0. The van der Waals surface area contributed by atoms with Gasteiger partial charge in [-0.05, 0) is 0 Å². The van der Waals surface area contributed by atoms with Crippen LogP contribution >= 0.6 is 11.6 Å². The van der Waals surface area contributed by atoms with Crippen molar-refractivity contribution in [2.45, 2.75) is 13.0 Å². The van der Waals surface area contributed by atoms with E-state index in [0.717, 1.165) is 6.26 Å². The molecule has 0 unspecified atom stereocenters. The molecule has 13 heavy (non-hydrogen) atoms. The summed E-state index contributed by atoms with van der Waals surface area (Å²) in [7, 11) is -3.52. The van der Waals surface area contributed by atoms with Crippen LogP contribution in [0.25, 0.3) is 0 Å². The second-order valence-corrected chi connectivity index (χ2v) is 4.33. The standard InChI is InChI=1S/C6H11ClO5S/c1-5(8)12-6(3-7)4-11-13(2,9)10/h6H,3-4H2,1-2H3/t6-/m1/s1. The number of esters is 1. The van der Waals surface area contributed by atoms with Crippen molar-refractivity contribution in [3.63, 3.8) is 0 Å². The lowest BCUT2D eigenvalue weighted by Crippen LogP contribution is -2.25. The average Bonchev–Trinajstić information content (AvgIpc) is 1.95. The molecule has 0 radical (unpaired) electrons. The molecule has 0 heterocycles. The molecule has 78 valence electrons. The molecule has 0 N–H and O–H groups in total. The summed E-state index contributed by atoms with van der Waals surface area (Å²) in [4.78, 5) is 10.5. The predicted molar refractivity (Wildman–Crippen MR) is 47.1 cm³/mol. The second-order valence-electron chi connectivity index (χ2n) is 2.37. The highest BCUT2D eigenvalue weighted by atomic mass is 35.5. The lowest BCUT2D eigenvalue weighted by Gasteiger charge is -2.12. The fraction of sp³-hybridized carbons (Fsp3) is 0.833. The normalized spacial score (nSPS) is 13.8. The highest BCUT2D eigenvalue weighted by Gasteiger charge is 2.13. The first-order chi connectivity index (χ1) is 5.85. The Labute approximate surface area is 82.1 Å². The molecule has 0 aliphatic rings. The molecule has 0 aromatic carbocycles. The molecule has 0 aliphatic carbocycles. The van der Waals surface area contributed by atoms with E-state index in [2.05, 4.69) is 8.92 Å². The summed E-state index contributed by atoms with van der Waals surface area (Å²) >= 11 is 5.39. The van der Waals surface area contributed by atoms with Crippen LogP contribution in [0, 0.1) is 0 Å². The van der Waals surface area contributed by atoms with Gasteiger partial charge < -0.3 is 4.74 Å². The number of alkyl halides is 1. The van der Waals surface area contributed by atoms with Crippen LogP contribution < -0.4 is 0 Å². The van der Waals surface area contributed by atoms with Crippen molar-refractivity contribution in [1.29, 1.82) is 0 Å². The lowest BCUT2D eigenvalue weighted by molar-refractivity contribution is -0.146. The Bertz CT molecular complexity index is 260. The van der Waals surface area contributed by atoms with Gasteiger partial charge in [0.05, 0.1) is 12.1 Å². The Hall–Kier alpha value is -0.330. The zero-order valence-corrected chi connectivity index (χ0v) is 8.89. The number of carbonyl (C=O) groups excluding carboxylic acids is 1. The van der Waals surface area contributed by atoms with Crippen molar-refractivity contribution in [3.05, 3.63) is 0 Å². The van der Waals surface area contributed by atoms with Crippen LogP contribution in [0.15, 0.2) is 0 Å². The fourth-order valence-corrected chi connectivity index (χ4v) is 1.10. The third-order valence-corrected chi connectivity index (χ3v) is 1.88. The number of rotatable bonds is 5. The van der Waals surface area contributed by atoms with Crippen molar-refractivity contribution < 1.29 is 22.1 Å². The molecule has 0 aromatic heterocycles. The first-order valence-electron chi connectivity index (χ1n) is 3.42. The predicted octanol–water partition coefficient (Wildman–Crippen LogP) is 0.133. The van der Waals surface area contributed by atoms with E-state index in [1.54, 1.807) is 0 Å². The van der Waals surface area contributed by atoms with Gasteiger partial charge in [0.2, 0.25) is 0 Å². The van der Waals surface area contributed by atoms with Crippen LogP contribution in [0.3, 0.4) is 0 Å². The van der Waals surface area contributed by atoms with Gasteiger partial charge in [-0.25, -0.2) is 0 Å². The van der Waals surface area contributed by atoms with Crippen LogP contribution in [0.1, 0.15) is 6.92 Å². The average molecular weight is 231 g/mol. The second kappa shape index (κ2) is 5.41. The lowest BCUT2D eigenvalue weighted by atomic mass is 10.4. The fourth-order valence-electron chi connectivity index (χ4n) is 0.544. The Morgan fingerprint density at radius 2 is 2.08 bits per heavy atom. The minimum Gasteiger partial charge on any atom is -0.459 e. The van der Waals surface area contributed by atoms with Gasteiger partial charge >= 0.3 is 5.97 Å². The monoisotopic (exact) mass is 230 g/mol. The molecular formula is C6H11ClO5S. The van der Waals surface area contributed by atoms with Crippen LogP contribution in [0.5, 0.6) is 0 Å². The molecular weight excluding hydrogens is 220 g/mol. The van der Waals surface area contributed by atoms with Crippen molar-refractivity contribution >= 4 is 27.7 Å². The number of halogens is 1. The van der Waals surface area contributed by atoms with Gasteiger partial charge in [-0.1, -0.05) is 0 Å². The van der Waals surface area contributed by atoms with E-state index in [1.165, 1.54) is 6.92 Å². The van der Waals surface area contributed by atoms with Crippen LogP contribution in [0.2, 0.25) is 0 Å². The zero-order valence-electron chi connectivity index (χ0n) is 7.32. The van der Waals surface area contributed by atoms with Gasteiger partial charge in [0, 0.05) is 6.92 Å². The number of hydrogen-bond donors (Lipinski definition) is 0. The van der Waals surface area contributed by atoms with E-state index >= 15 is 0 Å². The third kappa shape index (κ3) is 8.01. The van der Waals surface area contributed by atoms with Gasteiger partial charge in [0.25, 0.3) is 10.1 Å². The minimum atomic E-state index is -3.52. The van der Waals surface area contributed by atoms with Gasteiger partial charge in [-0.15, -0.1) is 11.6 Å². The SMILES string of the molecule is CC(=O)O[C@H](CCl)COS(C)(=O)=O. The van der Waals surface area contributed by atoms with E-state index < -0.39 is 22.2 Å². The van der Waals surface area contributed by atoms with Crippen LogP contribution in [0.4, 0.5) is 0 Å². The summed E-state index contributed by atoms with van der Waals surface area (Å²) in [5.74, 6) is -0.530. The van der Waals surface area contributed by atoms with Crippen molar-refractivity contribution in [1.82, 2.24) is 0 Å². The summed E-state index contributed by atoms with van der Waals surface area (Å²) < 4.78 is 30.1. The first kappa shape index (κ1) is 12.7. The summed E-state index contributed by atoms with van der Waals surface area (Å²) in [5.41, 5.74) is 0. The Kier molecular flexibility index (Phi) is 5.27. The smallest absolute Gasteiger partial charge is 0.303 e. The topological polar surface area (TPSA) is 69.7 Å². The molecule has 0 amide bonds. The maximum absolute atomic E-state index is 10.5. The summed E-state index contributed by atoms with van der Waals surface area (Å²) in [6.45, 7) is 0.960. The largest absolute Gasteiger partial charge is 0.459 e. The van der Waals surface area contributed by atoms with E-state index in [1.807, 2.05) is 0 Å². The van der Waals surface area contributed by atoms with E-state index in [-0.39, 0.29) is 12.5 Å². The quantitative estimate of drug-likeness (QED) is 0.382. The molecule has 0 spiro atoms. The van der Waals surface area contributed by atoms with E-state index in [4.69, 9.17) is 11.6 Å². The molecule has 0 fully saturated rings. The van der Waals surface area contributed by atoms with Crippen molar-refractivity contribution in [2.24, 2.45) is 0 Å². The molecule has 0 saturated carbocycles. The highest BCUT2D eigenvalue weighted by Crippen LogP contribution is 1.99. The Balaban J connectivity index is 3.93. The van der Waals surface area contributed by atoms with Crippen LogP contribution in [-0.4, -0.2) is 39.2 Å².